The summed E-state index contributed by atoms with van der Waals surface area (Å²) in [6.07, 6.45) is 2.97. The quantitative estimate of drug-likeness (QED) is 0.867. The molecule has 4 heteroatoms. The lowest BCUT2D eigenvalue weighted by molar-refractivity contribution is 0.101. The zero-order chi connectivity index (χ0) is 14.0. The van der Waals surface area contributed by atoms with Gasteiger partial charge in [-0.2, -0.15) is 0 Å². The van der Waals surface area contributed by atoms with Gasteiger partial charge in [0.05, 0.1) is 6.61 Å². The lowest BCUT2D eigenvalue weighted by atomic mass is 9.84. The summed E-state index contributed by atoms with van der Waals surface area (Å²) in [4.78, 5) is 11.7. The number of alkyl carbamates (subject to hydrolysis) is 1. The van der Waals surface area contributed by atoms with Crippen molar-refractivity contribution in [3.8, 4) is 0 Å². The van der Waals surface area contributed by atoms with Crippen molar-refractivity contribution >= 4 is 6.09 Å². The molecule has 2 atom stereocenters. The summed E-state index contributed by atoms with van der Waals surface area (Å²) in [5, 5.41) is 12.4. The molecule has 2 saturated carbocycles. The van der Waals surface area contributed by atoms with Gasteiger partial charge in [-0.05, 0) is 36.7 Å². The van der Waals surface area contributed by atoms with Crippen LogP contribution in [0.1, 0.15) is 24.8 Å². The summed E-state index contributed by atoms with van der Waals surface area (Å²) in [5.74, 6) is 1.56. The third-order valence-corrected chi connectivity index (χ3v) is 4.62. The summed E-state index contributed by atoms with van der Waals surface area (Å²) >= 11 is 0. The van der Waals surface area contributed by atoms with E-state index >= 15 is 0 Å². The Hall–Kier alpha value is -1.55. The molecule has 0 bridgehead atoms. The maximum absolute atomic E-state index is 11.7. The fraction of sp³-hybridized carbons (Fsp3) is 0.562. The molecule has 4 nitrogen and oxygen atoms in total. The van der Waals surface area contributed by atoms with Crippen LogP contribution < -0.4 is 5.32 Å². The van der Waals surface area contributed by atoms with Crippen molar-refractivity contribution in [1.82, 2.24) is 5.32 Å². The van der Waals surface area contributed by atoms with Gasteiger partial charge in [0, 0.05) is 12.0 Å². The van der Waals surface area contributed by atoms with Crippen molar-refractivity contribution in [3.63, 3.8) is 0 Å². The van der Waals surface area contributed by atoms with E-state index in [-0.39, 0.29) is 18.6 Å². The standard InChI is InChI=1S/C16H21NO3/c18-11-16(7-13-6-14(13)8-16)10-17-15(19)20-9-12-4-2-1-3-5-12/h1-5,13-14,18H,6-11H2,(H,17,19). The molecule has 2 fully saturated rings. The van der Waals surface area contributed by atoms with Crippen LogP contribution in [-0.4, -0.2) is 24.4 Å². The van der Waals surface area contributed by atoms with E-state index in [4.69, 9.17) is 4.74 Å². The smallest absolute Gasteiger partial charge is 0.407 e. The number of hydrogen-bond donors (Lipinski definition) is 2. The average Bonchev–Trinajstić information content (AvgIpc) is 3.11. The molecule has 3 rings (SSSR count). The van der Waals surface area contributed by atoms with Gasteiger partial charge in [-0.15, -0.1) is 0 Å². The Kier molecular flexibility index (Phi) is 3.66. The normalized spacial score (nSPS) is 30.6. The topological polar surface area (TPSA) is 58.6 Å². The van der Waals surface area contributed by atoms with Crippen molar-refractivity contribution < 1.29 is 14.6 Å². The number of amides is 1. The Balaban J connectivity index is 1.43. The minimum Gasteiger partial charge on any atom is -0.445 e. The molecule has 0 radical (unpaired) electrons. The average molecular weight is 275 g/mol. The predicted molar refractivity (Wildman–Crippen MR) is 75.0 cm³/mol. The molecule has 0 heterocycles. The van der Waals surface area contributed by atoms with Crippen molar-refractivity contribution in [2.45, 2.75) is 25.9 Å². The first-order chi connectivity index (χ1) is 9.71. The van der Waals surface area contributed by atoms with Gasteiger partial charge in [0.2, 0.25) is 0 Å². The first kappa shape index (κ1) is 13.4. The second-order valence-corrected chi connectivity index (χ2v) is 6.24. The van der Waals surface area contributed by atoms with Gasteiger partial charge in [0.15, 0.2) is 0 Å². The van der Waals surface area contributed by atoms with Crippen LogP contribution in [0.2, 0.25) is 0 Å². The minimum absolute atomic E-state index is 0.112. The maximum Gasteiger partial charge on any atom is 0.407 e. The van der Waals surface area contributed by atoms with E-state index in [1.807, 2.05) is 30.3 Å². The summed E-state index contributed by atoms with van der Waals surface area (Å²) in [6, 6.07) is 9.62. The molecule has 0 aliphatic heterocycles. The highest BCUT2D eigenvalue weighted by Crippen LogP contribution is 2.59. The Morgan fingerprint density at radius 1 is 1.30 bits per heavy atom. The third-order valence-electron chi connectivity index (χ3n) is 4.62. The van der Waals surface area contributed by atoms with Gasteiger partial charge >= 0.3 is 6.09 Å². The molecule has 2 N–H and O–H groups in total. The number of ether oxygens (including phenoxy) is 1. The Bertz CT molecular complexity index is 464. The van der Waals surface area contributed by atoms with Gasteiger partial charge in [-0.3, -0.25) is 0 Å². The van der Waals surface area contributed by atoms with E-state index < -0.39 is 6.09 Å². The summed E-state index contributed by atoms with van der Waals surface area (Å²) in [6.45, 7) is 0.952. The van der Waals surface area contributed by atoms with E-state index in [0.29, 0.717) is 6.54 Å². The number of hydrogen-bond acceptors (Lipinski definition) is 3. The van der Waals surface area contributed by atoms with Crippen LogP contribution in [0.4, 0.5) is 4.79 Å². The van der Waals surface area contributed by atoms with E-state index in [0.717, 1.165) is 30.2 Å². The van der Waals surface area contributed by atoms with Gasteiger partial charge in [-0.25, -0.2) is 4.79 Å². The number of aliphatic hydroxyl groups excluding tert-OH is 1. The molecule has 2 aliphatic carbocycles. The Labute approximate surface area is 119 Å². The van der Waals surface area contributed by atoms with Gasteiger partial charge in [0.1, 0.15) is 6.61 Å². The second kappa shape index (κ2) is 5.44. The monoisotopic (exact) mass is 275 g/mol. The lowest BCUT2D eigenvalue weighted by Crippen LogP contribution is -2.39. The number of benzene rings is 1. The van der Waals surface area contributed by atoms with Gasteiger partial charge in [0.25, 0.3) is 0 Å². The number of fused-ring (bicyclic) bond motifs is 1. The Morgan fingerprint density at radius 2 is 2.00 bits per heavy atom. The van der Waals surface area contributed by atoms with Crippen LogP contribution >= 0.6 is 0 Å². The van der Waals surface area contributed by atoms with Crippen LogP contribution in [0.5, 0.6) is 0 Å². The number of nitrogens with one attached hydrogen (secondary N) is 1. The van der Waals surface area contributed by atoms with Crippen LogP contribution in [0.15, 0.2) is 30.3 Å². The summed E-state index contributed by atoms with van der Waals surface area (Å²) < 4.78 is 5.18. The zero-order valence-corrected chi connectivity index (χ0v) is 11.5. The molecule has 2 aliphatic rings. The number of carbonyl (C=O) groups is 1. The highest BCUT2D eigenvalue weighted by Gasteiger charge is 2.53. The van der Waals surface area contributed by atoms with E-state index in [1.165, 1.54) is 6.42 Å². The summed E-state index contributed by atoms with van der Waals surface area (Å²) in [7, 11) is 0. The number of aliphatic hydroxyl groups is 1. The van der Waals surface area contributed by atoms with E-state index in [1.54, 1.807) is 0 Å². The first-order valence-corrected chi connectivity index (χ1v) is 7.26. The van der Waals surface area contributed by atoms with Crippen molar-refractivity contribution in [2.75, 3.05) is 13.2 Å². The summed E-state index contributed by atoms with van der Waals surface area (Å²) in [5.41, 5.74) is 0.862. The molecule has 1 aromatic carbocycles. The minimum atomic E-state index is -0.401. The molecule has 2 unspecified atom stereocenters. The molecular weight excluding hydrogens is 254 g/mol. The fourth-order valence-corrected chi connectivity index (χ4v) is 3.37. The number of carbonyl (C=O) groups excluding carboxylic acids is 1. The molecular formula is C16H21NO3. The third kappa shape index (κ3) is 2.96. The molecule has 0 saturated heterocycles. The zero-order valence-electron chi connectivity index (χ0n) is 11.5. The van der Waals surface area contributed by atoms with Crippen LogP contribution in [0.3, 0.4) is 0 Å². The molecule has 108 valence electrons. The highest BCUT2D eigenvalue weighted by molar-refractivity contribution is 5.67. The highest BCUT2D eigenvalue weighted by atomic mass is 16.5. The Morgan fingerprint density at radius 3 is 2.65 bits per heavy atom. The van der Waals surface area contributed by atoms with Crippen molar-refractivity contribution in [1.29, 1.82) is 0 Å². The predicted octanol–water partition coefficient (Wildman–Crippen LogP) is 2.32. The SMILES string of the molecule is O=C(NCC1(CO)CC2CC2C1)OCc1ccccc1. The van der Waals surface area contributed by atoms with Gasteiger partial charge in [-0.1, -0.05) is 30.3 Å². The van der Waals surface area contributed by atoms with E-state index in [9.17, 15) is 9.90 Å². The van der Waals surface area contributed by atoms with Crippen molar-refractivity contribution in [2.24, 2.45) is 17.3 Å². The van der Waals surface area contributed by atoms with Gasteiger partial charge < -0.3 is 15.2 Å². The van der Waals surface area contributed by atoms with E-state index in [2.05, 4.69) is 5.32 Å². The molecule has 20 heavy (non-hydrogen) atoms. The number of rotatable bonds is 5. The molecule has 1 aromatic rings. The molecule has 0 spiro atoms. The fourth-order valence-electron chi connectivity index (χ4n) is 3.37. The lowest BCUT2D eigenvalue weighted by Gasteiger charge is -2.28. The van der Waals surface area contributed by atoms with Crippen molar-refractivity contribution in [3.05, 3.63) is 35.9 Å². The van der Waals surface area contributed by atoms with Crippen LogP contribution in [0, 0.1) is 17.3 Å². The largest absolute Gasteiger partial charge is 0.445 e. The second-order valence-electron chi connectivity index (χ2n) is 6.24. The van der Waals surface area contributed by atoms with Crippen LogP contribution in [-0.2, 0) is 11.3 Å². The molecule has 0 aromatic heterocycles. The van der Waals surface area contributed by atoms with Crippen LogP contribution in [0.25, 0.3) is 0 Å². The maximum atomic E-state index is 11.7. The first-order valence-electron chi connectivity index (χ1n) is 7.26. The molecule has 1 amide bonds.